The maximum Gasteiger partial charge on any atom is 0.326 e. The molecule has 0 radical (unpaired) electrons. The van der Waals surface area contributed by atoms with Crippen LogP contribution in [0.2, 0.25) is 0 Å². The molecule has 0 fully saturated rings. The number of carboxylic acids is 1. The second-order valence-corrected chi connectivity index (χ2v) is 4.93. The number of amides is 4. The highest BCUT2D eigenvalue weighted by atomic mass is 16.4. The molecular weight excluding hydrogens is 326 g/mol. The smallest absolute Gasteiger partial charge is 0.326 e. The first-order chi connectivity index (χ1) is 11.1. The summed E-state index contributed by atoms with van der Waals surface area (Å²) in [6, 6.07) is -4.27. The van der Waals surface area contributed by atoms with Crippen molar-refractivity contribution in [2.24, 2.45) is 17.2 Å². The SMILES string of the molecule is NC(=O)CCC(NC(=O)C(CC(N)=O)NC(=O)C(N)CO)C(=O)O. The second-order valence-electron chi connectivity index (χ2n) is 4.93. The number of carbonyl (C=O) groups excluding carboxylic acids is 4. The third-order valence-corrected chi connectivity index (χ3v) is 2.87. The quantitative estimate of drug-likeness (QED) is 0.192. The van der Waals surface area contributed by atoms with Crippen LogP contribution in [0.25, 0.3) is 0 Å². The average Bonchev–Trinajstić information content (AvgIpc) is 2.48. The molecular formula is C12H21N5O7. The molecule has 0 aliphatic heterocycles. The molecule has 12 heteroatoms. The lowest BCUT2D eigenvalue weighted by Crippen LogP contribution is -2.56. The van der Waals surface area contributed by atoms with Crippen LogP contribution in [0, 0.1) is 0 Å². The fourth-order valence-electron chi connectivity index (χ4n) is 1.59. The highest BCUT2D eigenvalue weighted by molar-refractivity contribution is 5.94. The Balaban J connectivity index is 5.00. The molecule has 4 amide bonds. The van der Waals surface area contributed by atoms with Crippen molar-refractivity contribution in [2.45, 2.75) is 37.4 Å². The predicted molar refractivity (Wildman–Crippen MR) is 78.8 cm³/mol. The van der Waals surface area contributed by atoms with Gasteiger partial charge in [0.05, 0.1) is 13.0 Å². The van der Waals surface area contributed by atoms with E-state index in [-0.39, 0.29) is 12.8 Å². The minimum atomic E-state index is -1.48. The molecule has 0 aliphatic carbocycles. The van der Waals surface area contributed by atoms with E-state index in [1.165, 1.54) is 0 Å². The van der Waals surface area contributed by atoms with Gasteiger partial charge in [0.2, 0.25) is 23.6 Å². The maximum atomic E-state index is 12.1. The molecule has 0 heterocycles. The Morgan fingerprint density at radius 2 is 1.46 bits per heavy atom. The first-order valence-electron chi connectivity index (χ1n) is 6.85. The van der Waals surface area contributed by atoms with Crippen molar-refractivity contribution in [1.29, 1.82) is 0 Å². The summed E-state index contributed by atoms with van der Waals surface area (Å²) in [7, 11) is 0. The van der Waals surface area contributed by atoms with Crippen LogP contribution in [0.4, 0.5) is 0 Å². The van der Waals surface area contributed by atoms with Gasteiger partial charge in [-0.25, -0.2) is 4.79 Å². The molecule has 0 saturated heterocycles. The molecule has 0 bridgehead atoms. The second kappa shape index (κ2) is 10.1. The lowest BCUT2D eigenvalue weighted by atomic mass is 10.1. The third-order valence-electron chi connectivity index (χ3n) is 2.87. The molecule has 0 rings (SSSR count). The summed E-state index contributed by atoms with van der Waals surface area (Å²) in [6.07, 6.45) is -1.18. The predicted octanol–water partition coefficient (Wildman–Crippen LogP) is -4.50. The van der Waals surface area contributed by atoms with Gasteiger partial charge in [-0.1, -0.05) is 0 Å². The van der Waals surface area contributed by atoms with E-state index in [0.717, 1.165) is 0 Å². The average molecular weight is 347 g/mol. The molecule has 10 N–H and O–H groups in total. The number of rotatable bonds is 11. The molecule has 12 nitrogen and oxygen atoms in total. The van der Waals surface area contributed by atoms with Gasteiger partial charge in [-0.2, -0.15) is 0 Å². The summed E-state index contributed by atoms with van der Waals surface area (Å²) in [6.45, 7) is -0.701. The van der Waals surface area contributed by atoms with E-state index < -0.39 is 60.8 Å². The molecule has 0 aliphatic rings. The van der Waals surface area contributed by atoms with Gasteiger partial charge in [0, 0.05) is 6.42 Å². The van der Waals surface area contributed by atoms with Crippen LogP contribution in [0.1, 0.15) is 19.3 Å². The first kappa shape index (κ1) is 21.3. The molecule has 3 unspecified atom stereocenters. The van der Waals surface area contributed by atoms with Crippen LogP contribution in [0.5, 0.6) is 0 Å². The zero-order valence-corrected chi connectivity index (χ0v) is 12.7. The fourth-order valence-corrected chi connectivity index (χ4v) is 1.59. The van der Waals surface area contributed by atoms with Gasteiger partial charge in [-0.05, 0) is 6.42 Å². The van der Waals surface area contributed by atoms with E-state index in [1.807, 2.05) is 0 Å². The van der Waals surface area contributed by atoms with E-state index in [2.05, 4.69) is 10.6 Å². The molecule has 3 atom stereocenters. The number of carbonyl (C=O) groups is 5. The van der Waals surface area contributed by atoms with Gasteiger partial charge in [0.15, 0.2) is 0 Å². The van der Waals surface area contributed by atoms with Gasteiger partial charge in [0.25, 0.3) is 0 Å². The zero-order chi connectivity index (χ0) is 18.9. The van der Waals surface area contributed by atoms with E-state index in [1.54, 1.807) is 0 Å². The van der Waals surface area contributed by atoms with Gasteiger partial charge >= 0.3 is 5.97 Å². The summed E-state index contributed by atoms with van der Waals surface area (Å²) < 4.78 is 0. The van der Waals surface area contributed by atoms with Crippen LogP contribution in [-0.4, -0.2) is 64.5 Å². The molecule has 0 spiro atoms. The summed E-state index contributed by atoms with van der Waals surface area (Å²) in [5, 5.41) is 21.9. The van der Waals surface area contributed by atoms with Crippen molar-refractivity contribution >= 4 is 29.6 Å². The Morgan fingerprint density at radius 1 is 0.917 bits per heavy atom. The van der Waals surface area contributed by atoms with Gasteiger partial charge < -0.3 is 38.0 Å². The number of aliphatic carboxylic acids is 1. The Kier molecular flexibility index (Phi) is 8.97. The molecule has 0 aromatic rings. The normalized spacial score (nSPS) is 14.1. The molecule has 24 heavy (non-hydrogen) atoms. The summed E-state index contributed by atoms with van der Waals surface area (Å²) in [5.74, 6) is -5.06. The molecule has 0 aromatic heterocycles. The zero-order valence-electron chi connectivity index (χ0n) is 12.7. The Bertz CT molecular complexity index is 510. The monoisotopic (exact) mass is 347 g/mol. The van der Waals surface area contributed by atoms with Crippen LogP contribution < -0.4 is 27.8 Å². The molecule has 0 saturated carbocycles. The van der Waals surface area contributed by atoms with Gasteiger partial charge in [-0.15, -0.1) is 0 Å². The summed E-state index contributed by atoms with van der Waals surface area (Å²) in [4.78, 5) is 56.4. The lowest BCUT2D eigenvalue weighted by molar-refractivity contribution is -0.142. The van der Waals surface area contributed by atoms with Gasteiger partial charge in [0.1, 0.15) is 18.1 Å². The third kappa shape index (κ3) is 8.05. The summed E-state index contributed by atoms with van der Waals surface area (Å²) in [5.41, 5.74) is 15.2. The van der Waals surface area contributed by atoms with Crippen LogP contribution in [0.15, 0.2) is 0 Å². The van der Waals surface area contributed by atoms with E-state index >= 15 is 0 Å². The number of nitrogens with two attached hydrogens (primary N) is 3. The molecule has 136 valence electrons. The van der Waals surface area contributed by atoms with Crippen molar-refractivity contribution in [3.63, 3.8) is 0 Å². The van der Waals surface area contributed by atoms with Crippen LogP contribution in [0.3, 0.4) is 0 Å². The summed E-state index contributed by atoms with van der Waals surface area (Å²) >= 11 is 0. The Labute approximate surface area is 136 Å². The number of aliphatic hydroxyl groups is 1. The number of primary amides is 2. The number of nitrogens with one attached hydrogen (secondary N) is 2. The van der Waals surface area contributed by atoms with Gasteiger partial charge in [-0.3, -0.25) is 19.2 Å². The van der Waals surface area contributed by atoms with E-state index in [9.17, 15) is 24.0 Å². The number of hydrogen-bond donors (Lipinski definition) is 7. The van der Waals surface area contributed by atoms with Crippen molar-refractivity contribution < 1.29 is 34.2 Å². The van der Waals surface area contributed by atoms with Crippen LogP contribution in [-0.2, 0) is 24.0 Å². The Hall–Kier alpha value is -2.73. The minimum absolute atomic E-state index is 0.274. The highest BCUT2D eigenvalue weighted by Crippen LogP contribution is 2.01. The van der Waals surface area contributed by atoms with E-state index in [4.69, 9.17) is 27.4 Å². The van der Waals surface area contributed by atoms with E-state index in [0.29, 0.717) is 0 Å². The largest absolute Gasteiger partial charge is 0.480 e. The standard InChI is InChI=1S/C12H21N5O7/c13-5(4-18)10(21)17-7(3-9(15)20)11(22)16-6(12(23)24)1-2-8(14)19/h5-7,18H,1-4,13H2,(H2,14,19)(H2,15,20)(H,16,22)(H,17,21)(H,23,24). The topological polar surface area (TPSA) is 228 Å². The lowest BCUT2D eigenvalue weighted by Gasteiger charge is -2.21. The number of carboxylic acid groups (broad SMARTS) is 1. The first-order valence-corrected chi connectivity index (χ1v) is 6.85. The van der Waals surface area contributed by atoms with Crippen molar-refractivity contribution in [3.8, 4) is 0 Å². The fraction of sp³-hybridized carbons (Fsp3) is 0.583. The number of hydrogen-bond acceptors (Lipinski definition) is 7. The van der Waals surface area contributed by atoms with Crippen molar-refractivity contribution in [1.82, 2.24) is 10.6 Å². The number of aliphatic hydroxyl groups excluding tert-OH is 1. The van der Waals surface area contributed by atoms with Crippen molar-refractivity contribution in [3.05, 3.63) is 0 Å². The maximum absolute atomic E-state index is 12.1. The Morgan fingerprint density at radius 3 is 1.88 bits per heavy atom. The highest BCUT2D eigenvalue weighted by Gasteiger charge is 2.29. The van der Waals surface area contributed by atoms with Crippen molar-refractivity contribution in [2.75, 3.05) is 6.61 Å². The minimum Gasteiger partial charge on any atom is -0.480 e. The molecule has 0 aromatic carbocycles. The van der Waals surface area contributed by atoms with Crippen LogP contribution >= 0.6 is 0 Å².